The van der Waals surface area contributed by atoms with Crippen LogP contribution in [0, 0.1) is 5.92 Å². The SMILES string of the molecule is CN(C)S(=O)(=O)C[C@@H]1COC[C@@H]1NC(=O)c1ccoc1. The summed E-state index contributed by atoms with van der Waals surface area (Å²) in [5.74, 6) is -0.587. The van der Waals surface area contributed by atoms with Crippen molar-refractivity contribution < 1.29 is 22.4 Å². The van der Waals surface area contributed by atoms with Crippen molar-refractivity contribution in [3.63, 3.8) is 0 Å². The fourth-order valence-electron chi connectivity index (χ4n) is 1.99. The maximum atomic E-state index is 11.9. The van der Waals surface area contributed by atoms with Crippen LogP contribution in [0.25, 0.3) is 0 Å². The molecule has 0 unspecified atom stereocenters. The summed E-state index contributed by atoms with van der Waals surface area (Å²) in [6, 6.07) is 1.24. The number of sulfonamides is 1. The van der Waals surface area contributed by atoms with E-state index in [4.69, 9.17) is 9.15 Å². The van der Waals surface area contributed by atoms with Gasteiger partial charge in [0.05, 0.1) is 36.8 Å². The van der Waals surface area contributed by atoms with Crippen LogP contribution < -0.4 is 5.32 Å². The van der Waals surface area contributed by atoms with Gasteiger partial charge in [0.2, 0.25) is 10.0 Å². The smallest absolute Gasteiger partial charge is 0.254 e. The summed E-state index contributed by atoms with van der Waals surface area (Å²) in [6.07, 6.45) is 2.75. The summed E-state index contributed by atoms with van der Waals surface area (Å²) in [6.45, 7) is 0.639. The van der Waals surface area contributed by atoms with Crippen molar-refractivity contribution >= 4 is 15.9 Å². The molecule has 7 nitrogen and oxygen atoms in total. The van der Waals surface area contributed by atoms with Crippen molar-refractivity contribution in [2.45, 2.75) is 6.04 Å². The Bertz CT molecular complexity index is 552. The summed E-state index contributed by atoms with van der Waals surface area (Å²) in [5.41, 5.74) is 0.408. The Morgan fingerprint density at radius 3 is 2.80 bits per heavy atom. The highest BCUT2D eigenvalue weighted by Gasteiger charge is 2.34. The largest absolute Gasteiger partial charge is 0.472 e. The topological polar surface area (TPSA) is 88.9 Å². The molecule has 1 aliphatic rings. The molecule has 112 valence electrons. The van der Waals surface area contributed by atoms with Gasteiger partial charge in [-0.1, -0.05) is 0 Å². The molecular formula is C12H18N2O5S. The number of carbonyl (C=O) groups excluding carboxylic acids is 1. The number of hydrogen-bond acceptors (Lipinski definition) is 5. The zero-order valence-corrected chi connectivity index (χ0v) is 12.2. The Balaban J connectivity index is 1.99. The van der Waals surface area contributed by atoms with Crippen molar-refractivity contribution in [2.24, 2.45) is 5.92 Å². The van der Waals surface area contributed by atoms with E-state index in [2.05, 4.69) is 5.32 Å². The summed E-state index contributed by atoms with van der Waals surface area (Å²) in [4.78, 5) is 11.9. The van der Waals surface area contributed by atoms with Crippen LogP contribution in [0.15, 0.2) is 23.0 Å². The lowest BCUT2D eigenvalue weighted by atomic mass is 10.1. The molecule has 0 bridgehead atoms. The van der Waals surface area contributed by atoms with Gasteiger partial charge in [-0.05, 0) is 6.07 Å². The van der Waals surface area contributed by atoms with E-state index in [9.17, 15) is 13.2 Å². The molecule has 0 aromatic carbocycles. The second-order valence-electron chi connectivity index (χ2n) is 4.95. The first kappa shape index (κ1) is 15.0. The van der Waals surface area contributed by atoms with Crippen molar-refractivity contribution in [1.29, 1.82) is 0 Å². The third-order valence-corrected chi connectivity index (χ3v) is 5.24. The lowest BCUT2D eigenvalue weighted by Crippen LogP contribution is -2.43. The summed E-state index contributed by atoms with van der Waals surface area (Å²) >= 11 is 0. The van der Waals surface area contributed by atoms with Crippen LogP contribution in [0.3, 0.4) is 0 Å². The molecule has 0 aliphatic carbocycles. The molecule has 1 aliphatic heterocycles. The van der Waals surface area contributed by atoms with E-state index in [0.717, 1.165) is 0 Å². The van der Waals surface area contributed by atoms with Crippen LogP contribution in [0.1, 0.15) is 10.4 Å². The van der Waals surface area contributed by atoms with Crippen LogP contribution >= 0.6 is 0 Å². The van der Waals surface area contributed by atoms with Crippen molar-refractivity contribution in [3.8, 4) is 0 Å². The number of nitrogens with zero attached hydrogens (tertiary/aromatic N) is 1. The van der Waals surface area contributed by atoms with Crippen LogP contribution in [-0.4, -0.2) is 57.7 Å². The Morgan fingerprint density at radius 2 is 2.20 bits per heavy atom. The molecule has 1 N–H and O–H groups in total. The van der Waals surface area contributed by atoms with Gasteiger partial charge in [-0.15, -0.1) is 0 Å². The lowest BCUT2D eigenvalue weighted by molar-refractivity contribution is 0.0925. The minimum absolute atomic E-state index is 0.0453. The maximum Gasteiger partial charge on any atom is 0.254 e. The molecule has 0 saturated carbocycles. The Labute approximate surface area is 117 Å². The molecule has 1 amide bonds. The first-order valence-electron chi connectivity index (χ1n) is 6.21. The molecule has 0 radical (unpaired) electrons. The van der Waals surface area contributed by atoms with Gasteiger partial charge in [0.25, 0.3) is 5.91 Å². The summed E-state index contributed by atoms with van der Waals surface area (Å²) < 4.78 is 35.1. The monoisotopic (exact) mass is 302 g/mol. The van der Waals surface area contributed by atoms with E-state index in [-0.39, 0.29) is 23.6 Å². The van der Waals surface area contributed by atoms with E-state index in [0.29, 0.717) is 18.8 Å². The molecule has 1 saturated heterocycles. The third kappa shape index (κ3) is 3.38. The normalized spacial score (nSPS) is 23.1. The highest BCUT2D eigenvalue weighted by Crippen LogP contribution is 2.17. The Morgan fingerprint density at radius 1 is 1.45 bits per heavy atom. The molecule has 8 heteroatoms. The number of ether oxygens (including phenoxy) is 1. The summed E-state index contributed by atoms with van der Waals surface area (Å²) in [5, 5.41) is 2.79. The first-order valence-corrected chi connectivity index (χ1v) is 7.82. The van der Waals surface area contributed by atoms with Gasteiger partial charge in [0.15, 0.2) is 0 Å². The minimum atomic E-state index is -3.32. The van der Waals surface area contributed by atoms with Crippen molar-refractivity contribution in [1.82, 2.24) is 9.62 Å². The van der Waals surface area contributed by atoms with E-state index in [1.165, 1.54) is 30.9 Å². The minimum Gasteiger partial charge on any atom is -0.472 e. The standard InChI is InChI=1S/C12H18N2O5S/c1-14(2)20(16,17)8-10-6-19-7-11(10)13-12(15)9-3-4-18-5-9/h3-5,10-11H,6-8H2,1-2H3,(H,13,15)/t10-,11-/m0/s1. The van der Waals surface area contributed by atoms with Gasteiger partial charge < -0.3 is 14.5 Å². The van der Waals surface area contributed by atoms with E-state index in [1.54, 1.807) is 6.07 Å². The Kier molecular flexibility index (Phi) is 4.46. The van der Waals surface area contributed by atoms with Crippen LogP contribution in [0.4, 0.5) is 0 Å². The van der Waals surface area contributed by atoms with Gasteiger partial charge in [-0.25, -0.2) is 12.7 Å². The molecule has 0 spiro atoms. The van der Waals surface area contributed by atoms with E-state index in [1.807, 2.05) is 0 Å². The van der Waals surface area contributed by atoms with Crippen molar-refractivity contribution in [3.05, 3.63) is 24.2 Å². The Hall–Kier alpha value is -1.38. The molecule has 1 aromatic rings. The number of nitrogens with one attached hydrogen (secondary N) is 1. The molecule has 2 heterocycles. The zero-order valence-electron chi connectivity index (χ0n) is 11.4. The second-order valence-corrected chi connectivity index (χ2v) is 7.18. The van der Waals surface area contributed by atoms with Gasteiger partial charge >= 0.3 is 0 Å². The molecule has 1 fully saturated rings. The average Bonchev–Trinajstić information content (AvgIpc) is 3.00. The van der Waals surface area contributed by atoms with E-state index < -0.39 is 10.0 Å². The first-order chi connectivity index (χ1) is 9.40. The third-order valence-electron chi connectivity index (χ3n) is 3.28. The number of amides is 1. The number of furan rings is 1. The second kappa shape index (κ2) is 5.94. The maximum absolute atomic E-state index is 11.9. The van der Waals surface area contributed by atoms with Crippen LogP contribution in [-0.2, 0) is 14.8 Å². The predicted molar refractivity (Wildman–Crippen MR) is 71.7 cm³/mol. The van der Waals surface area contributed by atoms with Gasteiger partial charge in [0.1, 0.15) is 6.26 Å². The number of carbonyl (C=O) groups is 1. The quantitative estimate of drug-likeness (QED) is 0.821. The van der Waals surface area contributed by atoms with Gasteiger partial charge in [-0.3, -0.25) is 4.79 Å². The van der Waals surface area contributed by atoms with Gasteiger partial charge in [-0.2, -0.15) is 0 Å². The molecular weight excluding hydrogens is 284 g/mol. The number of rotatable bonds is 5. The summed E-state index contributed by atoms with van der Waals surface area (Å²) in [7, 11) is -0.340. The van der Waals surface area contributed by atoms with Gasteiger partial charge in [0, 0.05) is 20.0 Å². The van der Waals surface area contributed by atoms with E-state index >= 15 is 0 Å². The van der Waals surface area contributed by atoms with Crippen LogP contribution in [0.2, 0.25) is 0 Å². The molecule has 2 atom stereocenters. The average molecular weight is 302 g/mol. The predicted octanol–water partition coefficient (Wildman–Crippen LogP) is -0.0842. The van der Waals surface area contributed by atoms with Crippen LogP contribution in [0.5, 0.6) is 0 Å². The highest BCUT2D eigenvalue weighted by molar-refractivity contribution is 7.89. The molecule has 1 aromatic heterocycles. The fourth-order valence-corrected chi connectivity index (χ4v) is 3.16. The molecule has 20 heavy (non-hydrogen) atoms. The van der Waals surface area contributed by atoms with Crippen molar-refractivity contribution in [2.75, 3.05) is 33.1 Å². The molecule has 2 rings (SSSR count). The fraction of sp³-hybridized carbons (Fsp3) is 0.583. The highest BCUT2D eigenvalue weighted by atomic mass is 32.2. The lowest BCUT2D eigenvalue weighted by Gasteiger charge is -2.20. The number of hydrogen-bond donors (Lipinski definition) is 1. The zero-order chi connectivity index (χ0) is 14.8.